The van der Waals surface area contributed by atoms with Crippen LogP contribution in [-0.4, -0.2) is 38.2 Å². The third-order valence-electron chi connectivity index (χ3n) is 4.59. The summed E-state index contributed by atoms with van der Waals surface area (Å²) in [5.41, 5.74) is 1.85. The minimum Gasteiger partial charge on any atom is -0.504 e. The molecular formula is C19H17N3O5. The molecule has 0 saturated heterocycles. The van der Waals surface area contributed by atoms with E-state index in [9.17, 15) is 19.8 Å². The number of para-hydroxylation sites is 2. The third-order valence-corrected chi connectivity index (χ3v) is 4.59. The molecule has 138 valence electrons. The average molecular weight is 367 g/mol. The van der Waals surface area contributed by atoms with Crippen molar-refractivity contribution in [3.05, 3.63) is 48.0 Å². The summed E-state index contributed by atoms with van der Waals surface area (Å²) in [4.78, 5) is 29.7. The van der Waals surface area contributed by atoms with Gasteiger partial charge < -0.3 is 19.5 Å². The lowest BCUT2D eigenvalue weighted by Gasteiger charge is -2.32. The summed E-state index contributed by atoms with van der Waals surface area (Å²) in [6.45, 7) is 1.80. The first-order chi connectivity index (χ1) is 13.0. The zero-order chi connectivity index (χ0) is 19.1. The topological polar surface area (TPSA) is 114 Å². The molecule has 2 unspecified atom stereocenters. The fraction of sp³-hybridized carbons (Fsp3) is 0.211. The van der Waals surface area contributed by atoms with Crippen LogP contribution in [0.2, 0.25) is 0 Å². The van der Waals surface area contributed by atoms with Crippen molar-refractivity contribution in [3.63, 3.8) is 0 Å². The van der Waals surface area contributed by atoms with Crippen LogP contribution < -0.4 is 5.32 Å². The number of anilines is 1. The highest BCUT2D eigenvalue weighted by Crippen LogP contribution is 2.40. The van der Waals surface area contributed by atoms with Crippen molar-refractivity contribution in [2.24, 2.45) is 5.92 Å². The summed E-state index contributed by atoms with van der Waals surface area (Å²) in [6.07, 6.45) is 0. The van der Waals surface area contributed by atoms with Gasteiger partial charge in [-0.2, -0.15) is 0 Å². The van der Waals surface area contributed by atoms with Gasteiger partial charge in [0, 0.05) is 0 Å². The largest absolute Gasteiger partial charge is 0.504 e. The van der Waals surface area contributed by atoms with E-state index in [1.165, 1.54) is 12.1 Å². The summed E-state index contributed by atoms with van der Waals surface area (Å²) < 4.78 is 6.86. The van der Waals surface area contributed by atoms with Gasteiger partial charge in [0.2, 0.25) is 11.9 Å². The average Bonchev–Trinajstić information content (AvgIpc) is 3.00. The number of nitrogens with zero attached hydrogens (tertiary/aromatic N) is 2. The van der Waals surface area contributed by atoms with Crippen LogP contribution in [0.25, 0.3) is 11.0 Å². The van der Waals surface area contributed by atoms with Gasteiger partial charge >= 0.3 is 5.97 Å². The molecule has 1 aliphatic rings. The van der Waals surface area contributed by atoms with Gasteiger partial charge in [0.25, 0.3) is 0 Å². The first kappa shape index (κ1) is 16.9. The van der Waals surface area contributed by atoms with Gasteiger partial charge in [0.1, 0.15) is 0 Å². The SMILES string of the molecule is CCOC(=O)C1C(=O)Nc2nc3ccccc3n2C1c1ccc(O)c(O)c1. The second kappa shape index (κ2) is 6.31. The smallest absolute Gasteiger partial charge is 0.321 e. The lowest BCUT2D eigenvalue weighted by Crippen LogP contribution is -2.43. The van der Waals surface area contributed by atoms with Crippen LogP contribution in [0.3, 0.4) is 0 Å². The maximum absolute atomic E-state index is 12.7. The molecule has 8 heteroatoms. The van der Waals surface area contributed by atoms with E-state index in [1.807, 2.05) is 18.2 Å². The Bertz CT molecular complexity index is 1060. The van der Waals surface area contributed by atoms with E-state index in [0.29, 0.717) is 17.0 Å². The van der Waals surface area contributed by atoms with Gasteiger partial charge in [-0.25, -0.2) is 4.98 Å². The standard InChI is InChI=1S/C19H17N3O5/c1-2-27-18(26)15-16(10-7-8-13(23)14(24)9-10)22-12-6-4-3-5-11(12)20-19(22)21-17(15)25/h3-9,15-16,23-24H,2H2,1H3,(H,20,21,25). The molecule has 8 nitrogen and oxygen atoms in total. The maximum Gasteiger partial charge on any atom is 0.321 e. The van der Waals surface area contributed by atoms with E-state index in [-0.39, 0.29) is 18.1 Å². The molecule has 3 aromatic rings. The molecule has 2 heterocycles. The zero-order valence-corrected chi connectivity index (χ0v) is 14.4. The number of esters is 1. The van der Waals surface area contributed by atoms with Gasteiger partial charge in [-0.1, -0.05) is 18.2 Å². The monoisotopic (exact) mass is 367 g/mol. The third kappa shape index (κ3) is 2.66. The van der Waals surface area contributed by atoms with E-state index >= 15 is 0 Å². The first-order valence-electron chi connectivity index (χ1n) is 8.47. The Morgan fingerprint density at radius 2 is 2.00 bits per heavy atom. The number of imidazole rings is 1. The highest BCUT2D eigenvalue weighted by Gasteiger charge is 2.44. The molecule has 1 aromatic heterocycles. The van der Waals surface area contributed by atoms with Crippen LogP contribution in [0.1, 0.15) is 18.5 Å². The number of aromatic hydroxyl groups is 2. The molecule has 0 saturated carbocycles. The van der Waals surface area contributed by atoms with Crippen molar-refractivity contribution >= 4 is 28.9 Å². The van der Waals surface area contributed by atoms with Crippen molar-refractivity contribution in [2.75, 3.05) is 11.9 Å². The highest BCUT2D eigenvalue weighted by atomic mass is 16.5. The number of carbonyl (C=O) groups is 2. The number of aromatic nitrogens is 2. The van der Waals surface area contributed by atoms with Crippen molar-refractivity contribution in [1.29, 1.82) is 0 Å². The molecule has 4 rings (SSSR count). The predicted octanol–water partition coefficient (Wildman–Crippen LogP) is 2.17. The number of phenols is 2. The van der Waals surface area contributed by atoms with E-state index in [2.05, 4.69) is 10.3 Å². The minimum atomic E-state index is -1.17. The number of ether oxygens (including phenoxy) is 1. The van der Waals surface area contributed by atoms with Gasteiger partial charge in [0.05, 0.1) is 23.7 Å². The number of carbonyl (C=O) groups excluding carboxylic acids is 2. The normalized spacial score (nSPS) is 18.8. The summed E-state index contributed by atoms with van der Waals surface area (Å²) in [6, 6.07) is 10.7. The van der Waals surface area contributed by atoms with E-state index in [4.69, 9.17) is 4.74 Å². The lowest BCUT2D eigenvalue weighted by molar-refractivity contribution is -0.152. The van der Waals surface area contributed by atoms with Gasteiger partial charge in [-0.05, 0) is 36.8 Å². The molecule has 2 aromatic carbocycles. The number of rotatable bonds is 3. The molecule has 1 aliphatic heterocycles. The molecule has 0 fully saturated rings. The number of benzene rings is 2. The van der Waals surface area contributed by atoms with Crippen molar-refractivity contribution < 1.29 is 24.5 Å². The fourth-order valence-electron chi connectivity index (χ4n) is 3.43. The Hall–Kier alpha value is -3.55. The fourth-order valence-corrected chi connectivity index (χ4v) is 3.43. The number of nitrogens with one attached hydrogen (secondary N) is 1. The van der Waals surface area contributed by atoms with Crippen LogP contribution in [0.15, 0.2) is 42.5 Å². The first-order valence-corrected chi connectivity index (χ1v) is 8.47. The van der Waals surface area contributed by atoms with Gasteiger partial charge in [-0.15, -0.1) is 0 Å². The van der Waals surface area contributed by atoms with Crippen molar-refractivity contribution in [2.45, 2.75) is 13.0 Å². The Labute approximate surface area is 154 Å². The second-order valence-corrected chi connectivity index (χ2v) is 6.21. The Kier molecular flexibility index (Phi) is 3.95. The van der Waals surface area contributed by atoms with Crippen molar-refractivity contribution in [3.8, 4) is 11.5 Å². The van der Waals surface area contributed by atoms with Crippen LogP contribution in [0, 0.1) is 5.92 Å². The number of fused-ring (bicyclic) bond motifs is 3. The molecule has 0 bridgehead atoms. The lowest BCUT2D eigenvalue weighted by atomic mass is 9.90. The highest BCUT2D eigenvalue weighted by molar-refractivity contribution is 6.07. The van der Waals surface area contributed by atoms with Crippen LogP contribution in [0.5, 0.6) is 11.5 Å². The summed E-state index contributed by atoms with van der Waals surface area (Å²) >= 11 is 0. The molecule has 2 atom stereocenters. The quantitative estimate of drug-likeness (QED) is 0.371. The summed E-state index contributed by atoms with van der Waals surface area (Å²) in [5.74, 6) is -2.70. The predicted molar refractivity (Wildman–Crippen MR) is 96.4 cm³/mol. The summed E-state index contributed by atoms with van der Waals surface area (Å²) in [7, 11) is 0. The molecule has 0 aliphatic carbocycles. The number of hydrogen-bond donors (Lipinski definition) is 3. The molecule has 3 N–H and O–H groups in total. The molecule has 27 heavy (non-hydrogen) atoms. The molecule has 0 spiro atoms. The van der Waals surface area contributed by atoms with E-state index < -0.39 is 23.8 Å². The Morgan fingerprint density at radius 3 is 2.74 bits per heavy atom. The Balaban J connectivity index is 1.97. The summed E-state index contributed by atoms with van der Waals surface area (Å²) in [5, 5.41) is 22.3. The zero-order valence-electron chi connectivity index (χ0n) is 14.4. The van der Waals surface area contributed by atoms with Crippen LogP contribution >= 0.6 is 0 Å². The molecule has 0 radical (unpaired) electrons. The maximum atomic E-state index is 12.7. The molecule has 1 amide bonds. The number of amides is 1. The van der Waals surface area contributed by atoms with Crippen LogP contribution in [-0.2, 0) is 14.3 Å². The minimum absolute atomic E-state index is 0.133. The van der Waals surface area contributed by atoms with Gasteiger partial charge in [-0.3, -0.25) is 14.9 Å². The number of hydrogen-bond acceptors (Lipinski definition) is 6. The van der Waals surface area contributed by atoms with E-state index in [1.54, 1.807) is 23.6 Å². The number of phenolic OH excluding ortho intramolecular Hbond substituents is 2. The van der Waals surface area contributed by atoms with Gasteiger partial charge in [0.15, 0.2) is 17.4 Å². The second-order valence-electron chi connectivity index (χ2n) is 6.21. The van der Waals surface area contributed by atoms with Crippen molar-refractivity contribution in [1.82, 2.24) is 9.55 Å². The molecular weight excluding hydrogens is 350 g/mol. The van der Waals surface area contributed by atoms with E-state index in [0.717, 1.165) is 5.52 Å². The van der Waals surface area contributed by atoms with Crippen LogP contribution in [0.4, 0.5) is 5.95 Å². The Morgan fingerprint density at radius 1 is 1.22 bits per heavy atom.